The Morgan fingerprint density at radius 3 is 2.62 bits per heavy atom. The van der Waals surface area contributed by atoms with E-state index in [9.17, 15) is 4.39 Å². The molecule has 0 amide bonds. The maximum Gasteiger partial charge on any atom is 0.213 e. The molecule has 0 unspecified atom stereocenters. The number of aromatic nitrogens is 1. The van der Waals surface area contributed by atoms with Crippen molar-refractivity contribution in [3.8, 4) is 5.88 Å². The van der Waals surface area contributed by atoms with Crippen molar-refractivity contribution in [1.82, 2.24) is 20.5 Å². The Hall–Kier alpha value is -2.67. The topological polar surface area (TPSA) is 61.8 Å². The molecule has 0 radical (unpaired) electrons. The van der Waals surface area contributed by atoms with Crippen LogP contribution in [-0.4, -0.2) is 48.1 Å². The molecule has 1 aromatic carbocycles. The number of piperidine rings is 1. The molecule has 172 valence electrons. The van der Waals surface area contributed by atoms with Gasteiger partial charge in [0.25, 0.3) is 0 Å². The Morgan fingerprint density at radius 2 is 1.91 bits per heavy atom. The summed E-state index contributed by atoms with van der Waals surface area (Å²) in [6.45, 7) is 7.15. The minimum atomic E-state index is -0.180. The van der Waals surface area contributed by atoms with Gasteiger partial charge < -0.3 is 15.4 Å². The number of guanidine groups is 1. The Kier molecular flexibility index (Phi) is 7.93. The summed E-state index contributed by atoms with van der Waals surface area (Å²) in [5.41, 5.74) is 2.25. The molecule has 0 spiro atoms. The van der Waals surface area contributed by atoms with Crippen molar-refractivity contribution in [3.05, 3.63) is 59.5 Å². The first-order chi connectivity index (χ1) is 15.7. The first kappa shape index (κ1) is 22.5. The predicted molar refractivity (Wildman–Crippen MR) is 125 cm³/mol. The molecule has 1 saturated heterocycles. The molecule has 4 rings (SSSR count). The quantitative estimate of drug-likeness (QED) is 0.461. The molecule has 0 atom stereocenters. The van der Waals surface area contributed by atoms with Gasteiger partial charge in [0.05, 0.1) is 13.2 Å². The fourth-order valence-corrected chi connectivity index (χ4v) is 3.88. The second kappa shape index (κ2) is 11.3. The lowest BCUT2D eigenvalue weighted by Gasteiger charge is -2.33. The van der Waals surface area contributed by atoms with Crippen LogP contribution in [0.5, 0.6) is 5.88 Å². The van der Waals surface area contributed by atoms with Gasteiger partial charge in [0, 0.05) is 44.5 Å². The number of nitrogens with zero attached hydrogens (tertiary/aromatic N) is 3. The molecule has 0 bridgehead atoms. The number of pyridine rings is 1. The predicted octanol–water partition coefficient (Wildman–Crippen LogP) is 3.73. The maximum absolute atomic E-state index is 13.1. The van der Waals surface area contributed by atoms with Crippen molar-refractivity contribution in [3.63, 3.8) is 0 Å². The summed E-state index contributed by atoms with van der Waals surface area (Å²) in [4.78, 5) is 11.5. The molecule has 7 heteroatoms. The van der Waals surface area contributed by atoms with Crippen LogP contribution in [0.15, 0.2) is 47.6 Å². The number of rotatable bonds is 9. The Labute approximate surface area is 190 Å². The van der Waals surface area contributed by atoms with Gasteiger partial charge in [-0.1, -0.05) is 12.1 Å². The number of likely N-dealkylation sites (tertiary alicyclic amines) is 1. The van der Waals surface area contributed by atoms with E-state index in [-0.39, 0.29) is 5.82 Å². The van der Waals surface area contributed by atoms with E-state index in [0.717, 1.165) is 62.7 Å². The van der Waals surface area contributed by atoms with E-state index in [1.54, 1.807) is 6.20 Å². The van der Waals surface area contributed by atoms with Gasteiger partial charge in [-0.3, -0.25) is 4.90 Å². The van der Waals surface area contributed by atoms with E-state index in [0.29, 0.717) is 24.4 Å². The van der Waals surface area contributed by atoms with Crippen molar-refractivity contribution in [2.24, 2.45) is 10.9 Å². The molecule has 2 aliphatic rings. The molecule has 2 N–H and O–H groups in total. The zero-order valence-electron chi connectivity index (χ0n) is 18.9. The van der Waals surface area contributed by atoms with Gasteiger partial charge in [-0.2, -0.15) is 0 Å². The van der Waals surface area contributed by atoms with Crippen LogP contribution in [0.4, 0.5) is 4.39 Å². The number of nitrogens with one attached hydrogen (secondary N) is 2. The first-order valence-corrected chi connectivity index (χ1v) is 11.8. The van der Waals surface area contributed by atoms with Crippen LogP contribution in [0, 0.1) is 11.7 Å². The third-order valence-electron chi connectivity index (χ3n) is 5.97. The monoisotopic (exact) mass is 439 g/mol. The average Bonchev–Trinajstić information content (AvgIpc) is 3.64. The van der Waals surface area contributed by atoms with E-state index in [2.05, 4.69) is 27.4 Å². The van der Waals surface area contributed by atoms with Crippen LogP contribution < -0.4 is 15.4 Å². The van der Waals surface area contributed by atoms with Crippen LogP contribution in [0.25, 0.3) is 0 Å². The van der Waals surface area contributed by atoms with Crippen molar-refractivity contribution in [1.29, 1.82) is 0 Å². The molecule has 2 aromatic rings. The third kappa shape index (κ3) is 7.19. The fourth-order valence-electron chi connectivity index (χ4n) is 3.88. The maximum atomic E-state index is 13.1. The lowest BCUT2D eigenvalue weighted by Crippen LogP contribution is -2.48. The van der Waals surface area contributed by atoms with Crippen LogP contribution in [0.3, 0.4) is 0 Å². The average molecular weight is 440 g/mol. The Bertz CT molecular complexity index is 876. The van der Waals surface area contributed by atoms with Gasteiger partial charge >= 0.3 is 0 Å². The Balaban J connectivity index is 1.25. The van der Waals surface area contributed by atoms with Gasteiger partial charge in [-0.15, -0.1) is 0 Å². The molecular weight excluding hydrogens is 405 g/mol. The van der Waals surface area contributed by atoms with Crippen LogP contribution in [0.2, 0.25) is 0 Å². The zero-order valence-corrected chi connectivity index (χ0v) is 18.9. The van der Waals surface area contributed by atoms with Crippen LogP contribution >= 0.6 is 0 Å². The lowest BCUT2D eigenvalue weighted by molar-refractivity contribution is 0.198. The number of hydrogen-bond acceptors (Lipinski definition) is 4. The third-order valence-corrected chi connectivity index (χ3v) is 5.97. The Morgan fingerprint density at radius 1 is 1.12 bits per heavy atom. The highest BCUT2D eigenvalue weighted by Gasteiger charge is 2.22. The second-order valence-corrected chi connectivity index (χ2v) is 8.77. The van der Waals surface area contributed by atoms with E-state index < -0.39 is 0 Å². The molecular formula is C25H34FN5O. The number of halogens is 1. The van der Waals surface area contributed by atoms with E-state index >= 15 is 0 Å². The SMILES string of the molecule is CCNC(=NCc1ccnc(OCC2CC2)c1)NC1CCN(Cc2ccc(F)cc2)CC1. The standard InChI is InChI=1S/C25H34FN5O/c1-2-27-25(29-16-21-9-12-28-24(15-21)32-18-20-3-4-20)30-23-10-13-31(14-11-23)17-19-5-7-22(26)8-6-19/h5-9,12,15,20,23H,2-4,10-11,13-14,16-18H2,1H3,(H2,27,29,30). The summed E-state index contributed by atoms with van der Waals surface area (Å²) in [5, 5.41) is 6.96. The summed E-state index contributed by atoms with van der Waals surface area (Å²) in [6, 6.07) is 11.2. The van der Waals surface area contributed by atoms with Gasteiger partial charge in [0.2, 0.25) is 5.88 Å². The van der Waals surface area contributed by atoms with Gasteiger partial charge in [0.1, 0.15) is 5.82 Å². The van der Waals surface area contributed by atoms with E-state index in [1.807, 2.05) is 24.3 Å². The molecule has 1 saturated carbocycles. The molecule has 32 heavy (non-hydrogen) atoms. The summed E-state index contributed by atoms with van der Waals surface area (Å²) in [7, 11) is 0. The van der Waals surface area contributed by atoms with Gasteiger partial charge in [-0.05, 0) is 67.9 Å². The molecule has 1 aliphatic carbocycles. The minimum Gasteiger partial charge on any atom is -0.477 e. The van der Waals surface area contributed by atoms with Crippen LogP contribution in [-0.2, 0) is 13.1 Å². The van der Waals surface area contributed by atoms with Gasteiger partial charge in [-0.25, -0.2) is 14.4 Å². The van der Waals surface area contributed by atoms with E-state index in [4.69, 9.17) is 9.73 Å². The number of ether oxygens (including phenoxy) is 1. The summed E-state index contributed by atoms with van der Waals surface area (Å²) >= 11 is 0. The van der Waals surface area contributed by atoms with E-state index in [1.165, 1.54) is 25.0 Å². The summed E-state index contributed by atoms with van der Waals surface area (Å²) < 4.78 is 18.9. The number of hydrogen-bond donors (Lipinski definition) is 2. The lowest BCUT2D eigenvalue weighted by atomic mass is 10.0. The molecule has 1 aromatic heterocycles. The minimum absolute atomic E-state index is 0.180. The van der Waals surface area contributed by atoms with Crippen molar-refractivity contribution >= 4 is 5.96 Å². The molecule has 2 fully saturated rings. The van der Waals surface area contributed by atoms with Crippen LogP contribution in [0.1, 0.15) is 43.7 Å². The largest absolute Gasteiger partial charge is 0.477 e. The number of benzene rings is 1. The fraction of sp³-hybridized carbons (Fsp3) is 0.520. The highest BCUT2D eigenvalue weighted by Crippen LogP contribution is 2.29. The highest BCUT2D eigenvalue weighted by atomic mass is 19.1. The van der Waals surface area contributed by atoms with Crippen molar-refractivity contribution in [2.75, 3.05) is 26.2 Å². The van der Waals surface area contributed by atoms with Gasteiger partial charge in [0.15, 0.2) is 5.96 Å². The second-order valence-electron chi connectivity index (χ2n) is 8.77. The highest BCUT2D eigenvalue weighted by molar-refractivity contribution is 5.80. The zero-order chi connectivity index (χ0) is 22.2. The van der Waals surface area contributed by atoms with Crippen molar-refractivity contribution < 1.29 is 9.13 Å². The summed E-state index contributed by atoms with van der Waals surface area (Å²) in [5.74, 6) is 2.07. The summed E-state index contributed by atoms with van der Waals surface area (Å²) in [6.07, 6.45) is 6.45. The molecule has 2 heterocycles. The smallest absolute Gasteiger partial charge is 0.213 e. The normalized spacial score (nSPS) is 17.9. The van der Waals surface area contributed by atoms with Crippen molar-refractivity contribution in [2.45, 2.75) is 51.7 Å². The molecule has 6 nitrogen and oxygen atoms in total. The number of aliphatic imine (C=N–C) groups is 1. The molecule has 1 aliphatic heterocycles. The first-order valence-electron chi connectivity index (χ1n) is 11.8.